The van der Waals surface area contributed by atoms with Crippen molar-refractivity contribution in [3.8, 4) is 0 Å². The van der Waals surface area contributed by atoms with E-state index in [2.05, 4.69) is 20.4 Å². The number of H-pyrrole nitrogens is 1. The molecular weight excluding hydrogens is 471 g/mol. The number of aryl methyl sites for hydroxylation is 1. The predicted molar refractivity (Wildman–Crippen MR) is 120 cm³/mol. The normalized spacial score (nSPS) is 15.2. The Morgan fingerprint density at radius 2 is 1.86 bits per heavy atom. The van der Waals surface area contributed by atoms with Crippen molar-refractivity contribution in [3.05, 3.63) is 40.1 Å². The highest BCUT2D eigenvalue weighted by Gasteiger charge is 2.37. The smallest absolute Gasteiger partial charge is 0.382 e. The zero-order valence-corrected chi connectivity index (χ0v) is 19.5. The van der Waals surface area contributed by atoms with Crippen LogP contribution in [0.25, 0.3) is 0 Å². The van der Waals surface area contributed by atoms with Crippen LogP contribution in [0.4, 0.5) is 24.8 Å². The summed E-state index contributed by atoms with van der Waals surface area (Å²) >= 11 is 0. The molecular formula is C21H28F3N7O4. The number of hydrogen-bond acceptors (Lipinski definition) is 9. The quantitative estimate of drug-likeness (QED) is 0.462. The summed E-state index contributed by atoms with van der Waals surface area (Å²) in [5.41, 5.74) is -2.23. The molecule has 0 unspecified atom stereocenters. The number of halogens is 3. The molecule has 3 rings (SSSR count). The van der Waals surface area contributed by atoms with Crippen molar-refractivity contribution in [2.45, 2.75) is 25.6 Å². The van der Waals surface area contributed by atoms with Crippen molar-refractivity contribution in [2.24, 2.45) is 0 Å². The van der Waals surface area contributed by atoms with Crippen molar-refractivity contribution < 1.29 is 27.4 Å². The van der Waals surface area contributed by atoms with Crippen molar-refractivity contribution >= 4 is 17.5 Å². The second kappa shape index (κ2) is 11.9. The molecule has 192 valence electrons. The van der Waals surface area contributed by atoms with E-state index in [4.69, 9.17) is 9.47 Å². The lowest BCUT2D eigenvalue weighted by Gasteiger charge is -2.34. The average molecular weight is 499 g/mol. The molecule has 11 nitrogen and oxygen atoms in total. The first kappa shape index (κ1) is 26.3. The minimum Gasteiger partial charge on any atom is -0.382 e. The summed E-state index contributed by atoms with van der Waals surface area (Å²) in [6.07, 6.45) is -0.351. The third-order valence-electron chi connectivity index (χ3n) is 5.33. The van der Waals surface area contributed by atoms with Gasteiger partial charge in [0.05, 0.1) is 44.2 Å². The van der Waals surface area contributed by atoms with Crippen molar-refractivity contribution in [2.75, 3.05) is 63.3 Å². The second-order valence-corrected chi connectivity index (χ2v) is 8.04. The Morgan fingerprint density at radius 3 is 2.49 bits per heavy atom. The summed E-state index contributed by atoms with van der Waals surface area (Å²) in [6.45, 7) is 4.25. The molecule has 0 saturated carbocycles. The molecule has 1 aliphatic heterocycles. The summed E-state index contributed by atoms with van der Waals surface area (Å²) in [5, 5.41) is 7.82. The molecule has 1 atom stereocenters. The third-order valence-corrected chi connectivity index (χ3v) is 5.33. The van der Waals surface area contributed by atoms with Gasteiger partial charge in [0.2, 0.25) is 11.9 Å². The molecule has 1 amide bonds. The Labute approximate surface area is 199 Å². The highest BCUT2D eigenvalue weighted by atomic mass is 19.4. The van der Waals surface area contributed by atoms with E-state index in [9.17, 15) is 22.8 Å². The maximum Gasteiger partial charge on any atom is 0.423 e. The number of aromatic nitrogens is 4. The lowest BCUT2D eigenvalue weighted by Crippen LogP contribution is -2.49. The molecule has 14 heteroatoms. The number of carbonyl (C=O) groups is 1. The summed E-state index contributed by atoms with van der Waals surface area (Å²) in [7, 11) is 1.39. The van der Waals surface area contributed by atoms with Crippen molar-refractivity contribution in [1.29, 1.82) is 0 Å². The van der Waals surface area contributed by atoms with Crippen LogP contribution in [0, 0.1) is 6.92 Å². The first-order valence-electron chi connectivity index (χ1n) is 11.0. The first-order valence-corrected chi connectivity index (χ1v) is 11.0. The molecule has 1 saturated heterocycles. The molecule has 0 aromatic carbocycles. The number of nitrogens with zero attached hydrogens (tertiary/aromatic N) is 5. The highest BCUT2D eigenvalue weighted by molar-refractivity contribution is 5.76. The largest absolute Gasteiger partial charge is 0.423 e. The molecule has 0 radical (unpaired) electrons. The van der Waals surface area contributed by atoms with Gasteiger partial charge in [0, 0.05) is 45.7 Å². The monoisotopic (exact) mass is 499 g/mol. The fraction of sp³-hybridized carbons (Fsp3) is 0.571. The average Bonchev–Trinajstić information content (AvgIpc) is 2.81. The van der Waals surface area contributed by atoms with Gasteiger partial charge in [-0.2, -0.15) is 18.3 Å². The fourth-order valence-corrected chi connectivity index (χ4v) is 3.59. The van der Waals surface area contributed by atoms with Crippen LogP contribution in [0.3, 0.4) is 0 Å². The van der Waals surface area contributed by atoms with Gasteiger partial charge in [-0.25, -0.2) is 15.1 Å². The summed E-state index contributed by atoms with van der Waals surface area (Å²) < 4.78 is 50.3. The second-order valence-electron chi connectivity index (χ2n) is 8.04. The van der Waals surface area contributed by atoms with Crippen LogP contribution in [-0.2, 0) is 20.4 Å². The Kier molecular flexibility index (Phi) is 8.98. The van der Waals surface area contributed by atoms with Crippen LogP contribution in [0.5, 0.6) is 0 Å². The highest BCUT2D eigenvalue weighted by Crippen LogP contribution is 2.31. The molecule has 1 aliphatic rings. The Morgan fingerprint density at radius 1 is 1.17 bits per heavy atom. The zero-order chi connectivity index (χ0) is 25.4. The van der Waals surface area contributed by atoms with E-state index < -0.39 is 29.0 Å². The van der Waals surface area contributed by atoms with Gasteiger partial charge in [-0.1, -0.05) is 0 Å². The van der Waals surface area contributed by atoms with Gasteiger partial charge in [-0.05, 0) is 12.5 Å². The van der Waals surface area contributed by atoms with Crippen LogP contribution in [-0.4, -0.2) is 90.1 Å². The molecule has 3 heterocycles. The molecule has 2 aromatic rings. The Balaban J connectivity index is 1.45. The molecule has 2 aromatic heterocycles. The van der Waals surface area contributed by atoms with E-state index in [1.54, 1.807) is 22.4 Å². The number of aromatic amines is 1. The SMILES string of the molecule is COC[C@@H](COCCC(=O)N1CCN(c2ncc(C)cn2)CC1)Nc1cn[nH]c(=O)c1C(F)(F)F. The fourth-order valence-electron chi connectivity index (χ4n) is 3.59. The maximum atomic E-state index is 13.3. The van der Waals surface area contributed by atoms with Crippen LogP contribution < -0.4 is 15.8 Å². The molecule has 2 N–H and O–H groups in total. The van der Waals surface area contributed by atoms with E-state index in [-0.39, 0.29) is 32.1 Å². The number of methoxy groups -OCH3 is 1. The lowest BCUT2D eigenvalue weighted by molar-refractivity contribution is -0.138. The van der Waals surface area contributed by atoms with E-state index in [0.717, 1.165) is 11.8 Å². The number of nitrogens with one attached hydrogen (secondary N) is 2. The van der Waals surface area contributed by atoms with Gasteiger partial charge in [0.25, 0.3) is 5.56 Å². The minimum absolute atomic E-state index is 0.0150. The number of carbonyl (C=O) groups excluding carboxylic acids is 1. The number of piperazine rings is 1. The number of amides is 1. The molecule has 0 bridgehead atoms. The van der Waals surface area contributed by atoms with Crippen molar-refractivity contribution in [1.82, 2.24) is 25.1 Å². The summed E-state index contributed by atoms with van der Waals surface area (Å²) in [4.78, 5) is 36.5. The van der Waals surface area contributed by atoms with Crippen LogP contribution in [0.2, 0.25) is 0 Å². The number of anilines is 2. The number of hydrogen-bond donors (Lipinski definition) is 2. The predicted octanol–water partition coefficient (Wildman–Crippen LogP) is 1.07. The number of rotatable bonds is 10. The first-order chi connectivity index (χ1) is 16.7. The third kappa shape index (κ3) is 7.36. The molecule has 0 spiro atoms. The summed E-state index contributed by atoms with van der Waals surface area (Å²) in [6, 6.07) is -0.696. The van der Waals surface area contributed by atoms with Gasteiger partial charge in [-0.15, -0.1) is 0 Å². The standard InChI is InChI=1S/C21H28F3N7O4/c1-14-9-25-20(26-10-14)31-6-4-30(5-7-31)17(32)3-8-35-13-15(12-34-2)28-16-11-27-29-19(33)18(16)21(22,23)24/h9-11,15H,3-8,12-13H2,1-2H3,(H2,28,29,33)/t15-/m0/s1. The van der Waals surface area contributed by atoms with Crippen molar-refractivity contribution in [3.63, 3.8) is 0 Å². The Hall–Kier alpha value is -3.26. The minimum atomic E-state index is -4.86. The van der Waals surface area contributed by atoms with Gasteiger partial charge in [0.1, 0.15) is 5.56 Å². The van der Waals surface area contributed by atoms with Crippen LogP contribution >= 0.6 is 0 Å². The van der Waals surface area contributed by atoms with Gasteiger partial charge >= 0.3 is 6.18 Å². The van der Waals surface area contributed by atoms with E-state index in [1.165, 1.54) is 7.11 Å². The Bertz CT molecular complexity index is 1020. The number of alkyl halides is 3. The maximum absolute atomic E-state index is 13.3. The molecule has 1 fully saturated rings. The van der Waals surface area contributed by atoms with Crippen LogP contribution in [0.1, 0.15) is 17.5 Å². The molecule has 0 aliphatic carbocycles. The summed E-state index contributed by atoms with van der Waals surface area (Å²) in [5.74, 6) is 0.552. The van der Waals surface area contributed by atoms with E-state index in [1.807, 2.05) is 11.8 Å². The van der Waals surface area contributed by atoms with Crippen LogP contribution in [0.15, 0.2) is 23.4 Å². The van der Waals surface area contributed by atoms with Gasteiger partial charge < -0.3 is 24.6 Å². The zero-order valence-electron chi connectivity index (χ0n) is 19.5. The molecule has 35 heavy (non-hydrogen) atoms. The van der Waals surface area contributed by atoms with Gasteiger partial charge in [0.15, 0.2) is 0 Å². The lowest BCUT2D eigenvalue weighted by atomic mass is 10.2. The topological polar surface area (TPSA) is 126 Å². The van der Waals surface area contributed by atoms with Gasteiger partial charge in [-0.3, -0.25) is 9.59 Å². The number of ether oxygens (including phenoxy) is 2. The van der Waals surface area contributed by atoms with E-state index >= 15 is 0 Å². The van der Waals surface area contributed by atoms with E-state index in [0.29, 0.717) is 32.1 Å².